The van der Waals surface area contributed by atoms with Gasteiger partial charge in [0.25, 0.3) is 0 Å². The quantitative estimate of drug-likeness (QED) is 0.660. The van der Waals surface area contributed by atoms with Crippen LogP contribution in [-0.4, -0.2) is 30.3 Å². The number of nitrogens with zero attached hydrogens (tertiary/aromatic N) is 6. The van der Waals surface area contributed by atoms with Gasteiger partial charge in [-0.25, -0.2) is 0 Å². The van der Waals surface area contributed by atoms with Crippen LogP contribution in [0.1, 0.15) is 11.6 Å². The molecule has 2 aromatic rings. The zero-order chi connectivity index (χ0) is 9.80. The minimum absolute atomic E-state index is 0.523. The average molecular weight is 195 g/mol. The number of hydrogen-bond donors (Lipinski definition) is 1. The third kappa shape index (κ3) is 2.10. The number of tetrazole rings is 1. The number of aromatic nitrogens is 6. The molecule has 0 fully saturated rings. The van der Waals surface area contributed by atoms with Crippen molar-refractivity contribution in [3.05, 3.63) is 18.0 Å². The van der Waals surface area contributed by atoms with Gasteiger partial charge in [0.1, 0.15) is 0 Å². The van der Waals surface area contributed by atoms with Crippen LogP contribution < -0.4 is 5.32 Å². The van der Waals surface area contributed by atoms with Crippen LogP contribution in [0.2, 0.25) is 0 Å². The third-order valence-electron chi connectivity index (χ3n) is 1.52. The number of nitrogens with one attached hydrogen (secondary N) is 1. The summed E-state index contributed by atoms with van der Waals surface area (Å²) in [5, 5.41) is 18.2. The highest BCUT2D eigenvalue weighted by Crippen LogP contribution is 1.89. The molecular formula is C6H9N7O. The van der Waals surface area contributed by atoms with E-state index in [0.717, 1.165) is 0 Å². The summed E-state index contributed by atoms with van der Waals surface area (Å²) in [5.41, 5.74) is 0. The topological polar surface area (TPSA) is 94.6 Å². The van der Waals surface area contributed by atoms with Gasteiger partial charge in [-0.1, -0.05) is 5.16 Å². The molecule has 0 aliphatic heterocycles. The van der Waals surface area contributed by atoms with Crippen molar-refractivity contribution in [3.8, 4) is 0 Å². The minimum atomic E-state index is 0.523. The second-order valence-electron chi connectivity index (χ2n) is 2.65. The Morgan fingerprint density at radius 1 is 1.43 bits per heavy atom. The number of rotatable bonds is 4. The van der Waals surface area contributed by atoms with Crippen molar-refractivity contribution in [1.29, 1.82) is 0 Å². The lowest BCUT2D eigenvalue weighted by Crippen LogP contribution is -2.14. The summed E-state index contributed by atoms with van der Waals surface area (Å²) in [6.45, 7) is 1.05. The van der Waals surface area contributed by atoms with Gasteiger partial charge in [-0.3, -0.25) is 0 Å². The van der Waals surface area contributed by atoms with Crippen LogP contribution in [0, 0.1) is 0 Å². The normalized spacial score (nSPS) is 10.6. The van der Waals surface area contributed by atoms with Crippen molar-refractivity contribution in [2.24, 2.45) is 7.05 Å². The summed E-state index contributed by atoms with van der Waals surface area (Å²) >= 11 is 0. The molecule has 1 N–H and O–H groups in total. The first kappa shape index (κ1) is 8.75. The average Bonchev–Trinajstić information content (AvgIpc) is 2.77. The lowest BCUT2D eigenvalue weighted by atomic mass is 10.5. The fourth-order valence-electron chi connectivity index (χ4n) is 0.951. The van der Waals surface area contributed by atoms with E-state index >= 15 is 0 Å². The van der Waals surface area contributed by atoms with Crippen molar-refractivity contribution in [2.45, 2.75) is 13.1 Å². The monoisotopic (exact) mass is 195 g/mol. The lowest BCUT2D eigenvalue weighted by Gasteiger charge is -1.95. The van der Waals surface area contributed by atoms with Crippen molar-refractivity contribution in [3.63, 3.8) is 0 Å². The maximum absolute atomic E-state index is 4.57. The van der Waals surface area contributed by atoms with Crippen molar-refractivity contribution in [2.75, 3.05) is 0 Å². The minimum Gasteiger partial charge on any atom is -0.343 e. The van der Waals surface area contributed by atoms with Gasteiger partial charge in [0.05, 0.1) is 20.1 Å². The molecule has 0 amide bonds. The SMILES string of the molecule is Cn1nnc(CNCc2ncon2)n1. The molecule has 74 valence electrons. The van der Waals surface area contributed by atoms with Crippen molar-refractivity contribution < 1.29 is 4.52 Å². The van der Waals surface area contributed by atoms with Crippen LogP contribution in [-0.2, 0) is 20.1 Å². The van der Waals surface area contributed by atoms with Gasteiger partial charge in [0.15, 0.2) is 11.6 Å². The molecule has 2 aromatic heterocycles. The molecule has 0 spiro atoms. The van der Waals surface area contributed by atoms with Crippen molar-refractivity contribution >= 4 is 0 Å². The molecule has 0 aromatic carbocycles. The van der Waals surface area contributed by atoms with E-state index in [1.165, 1.54) is 11.2 Å². The molecule has 0 bridgehead atoms. The molecule has 8 heteroatoms. The zero-order valence-electron chi connectivity index (χ0n) is 7.58. The van der Waals surface area contributed by atoms with Gasteiger partial charge in [-0.2, -0.15) is 9.78 Å². The van der Waals surface area contributed by atoms with Gasteiger partial charge in [-0.15, -0.1) is 10.2 Å². The second kappa shape index (κ2) is 3.92. The zero-order valence-corrected chi connectivity index (χ0v) is 7.58. The number of aryl methyl sites for hydroxylation is 1. The van der Waals surface area contributed by atoms with Gasteiger partial charge in [-0.05, 0) is 5.21 Å². The largest absolute Gasteiger partial charge is 0.343 e. The second-order valence-corrected chi connectivity index (χ2v) is 2.65. The Labute approximate surface area is 79.3 Å². The van der Waals surface area contributed by atoms with E-state index in [1.807, 2.05) is 0 Å². The summed E-state index contributed by atoms with van der Waals surface area (Å²) in [5.74, 6) is 1.24. The Morgan fingerprint density at radius 2 is 2.29 bits per heavy atom. The molecular weight excluding hydrogens is 186 g/mol. The molecule has 0 aliphatic rings. The molecule has 8 nitrogen and oxygen atoms in total. The standard InChI is InChI=1S/C6H9N7O/c1-13-10-6(9-12-13)3-7-2-5-8-4-14-11-5/h4,7H,2-3H2,1H3. The van der Waals surface area contributed by atoms with E-state index in [2.05, 4.69) is 35.4 Å². The Kier molecular flexibility index (Phi) is 2.45. The maximum atomic E-state index is 4.57. The first-order valence-electron chi connectivity index (χ1n) is 4.03. The van der Waals surface area contributed by atoms with Gasteiger partial charge < -0.3 is 9.84 Å². The summed E-state index contributed by atoms with van der Waals surface area (Å²) in [6.07, 6.45) is 1.29. The first-order valence-corrected chi connectivity index (χ1v) is 4.03. The van der Waals surface area contributed by atoms with Crippen LogP contribution in [0.5, 0.6) is 0 Å². The Balaban J connectivity index is 1.78. The smallest absolute Gasteiger partial charge is 0.213 e. The molecule has 0 saturated heterocycles. The third-order valence-corrected chi connectivity index (χ3v) is 1.52. The van der Waals surface area contributed by atoms with Crippen LogP contribution in [0.25, 0.3) is 0 Å². The molecule has 2 heterocycles. The fraction of sp³-hybridized carbons (Fsp3) is 0.500. The maximum Gasteiger partial charge on any atom is 0.213 e. The lowest BCUT2D eigenvalue weighted by molar-refractivity contribution is 0.407. The van der Waals surface area contributed by atoms with Gasteiger partial charge in [0, 0.05) is 0 Å². The molecule has 14 heavy (non-hydrogen) atoms. The van der Waals surface area contributed by atoms with Crippen LogP contribution in [0.15, 0.2) is 10.9 Å². The molecule has 0 aliphatic carbocycles. The molecule has 0 saturated carbocycles. The first-order chi connectivity index (χ1) is 6.84. The van der Waals surface area contributed by atoms with Crippen LogP contribution in [0.3, 0.4) is 0 Å². The van der Waals surface area contributed by atoms with E-state index in [9.17, 15) is 0 Å². The summed E-state index contributed by atoms with van der Waals surface area (Å²) in [4.78, 5) is 5.26. The van der Waals surface area contributed by atoms with E-state index in [4.69, 9.17) is 0 Å². The predicted molar refractivity (Wildman–Crippen MR) is 43.6 cm³/mol. The van der Waals surface area contributed by atoms with E-state index in [-0.39, 0.29) is 0 Å². The van der Waals surface area contributed by atoms with Gasteiger partial charge >= 0.3 is 0 Å². The Morgan fingerprint density at radius 3 is 2.93 bits per heavy atom. The van der Waals surface area contributed by atoms with Crippen molar-refractivity contribution in [1.82, 2.24) is 35.7 Å². The highest BCUT2D eigenvalue weighted by molar-refractivity contribution is 4.80. The van der Waals surface area contributed by atoms with E-state index in [1.54, 1.807) is 7.05 Å². The Hall–Kier alpha value is -1.83. The fourth-order valence-corrected chi connectivity index (χ4v) is 0.951. The summed E-state index contributed by atoms with van der Waals surface area (Å²) < 4.78 is 4.57. The Bertz CT molecular complexity index is 381. The van der Waals surface area contributed by atoms with E-state index in [0.29, 0.717) is 24.7 Å². The molecule has 2 rings (SSSR count). The predicted octanol–water partition coefficient (Wildman–Crippen LogP) is -1.12. The highest BCUT2D eigenvalue weighted by atomic mass is 16.5. The number of hydrogen-bond acceptors (Lipinski definition) is 7. The van der Waals surface area contributed by atoms with Crippen LogP contribution >= 0.6 is 0 Å². The van der Waals surface area contributed by atoms with E-state index < -0.39 is 0 Å². The highest BCUT2D eigenvalue weighted by Gasteiger charge is 2.01. The molecule has 0 unspecified atom stereocenters. The molecule has 0 atom stereocenters. The summed E-state index contributed by atoms with van der Waals surface area (Å²) in [7, 11) is 1.72. The molecule has 0 radical (unpaired) electrons. The van der Waals surface area contributed by atoms with Crippen LogP contribution in [0.4, 0.5) is 0 Å². The van der Waals surface area contributed by atoms with Gasteiger partial charge in [0.2, 0.25) is 6.39 Å². The summed E-state index contributed by atoms with van der Waals surface area (Å²) in [6, 6.07) is 0.